The molecule has 1 aliphatic heterocycles. The second-order valence-electron chi connectivity index (χ2n) is 6.05. The summed E-state index contributed by atoms with van der Waals surface area (Å²) < 4.78 is 11.1. The van der Waals surface area contributed by atoms with Gasteiger partial charge in [0.25, 0.3) is 0 Å². The zero-order chi connectivity index (χ0) is 17.3. The SMILES string of the molecule is CN=C(NCCCOC1CCOC1)NCc1cccc2cccnc12. The van der Waals surface area contributed by atoms with Crippen LogP contribution in [0.15, 0.2) is 41.5 Å². The number of aliphatic imine (C=N–C) groups is 1. The number of benzene rings is 1. The van der Waals surface area contributed by atoms with Crippen molar-refractivity contribution in [3.8, 4) is 0 Å². The molecule has 2 heterocycles. The highest BCUT2D eigenvalue weighted by Gasteiger charge is 2.15. The lowest BCUT2D eigenvalue weighted by Gasteiger charge is -2.14. The van der Waals surface area contributed by atoms with Gasteiger partial charge in [-0.25, -0.2) is 0 Å². The predicted octanol–water partition coefficient (Wildman–Crippen LogP) is 2.10. The topological polar surface area (TPSA) is 67.8 Å². The third kappa shape index (κ3) is 5.14. The average Bonchev–Trinajstić information content (AvgIpc) is 3.17. The fourth-order valence-corrected chi connectivity index (χ4v) is 2.88. The van der Waals surface area contributed by atoms with Gasteiger partial charge < -0.3 is 20.1 Å². The predicted molar refractivity (Wildman–Crippen MR) is 99.7 cm³/mol. The van der Waals surface area contributed by atoms with Crippen LogP contribution in [0.25, 0.3) is 10.9 Å². The third-order valence-electron chi connectivity index (χ3n) is 4.24. The molecule has 1 aromatic heterocycles. The van der Waals surface area contributed by atoms with Crippen LogP contribution in [0.2, 0.25) is 0 Å². The van der Waals surface area contributed by atoms with Gasteiger partial charge in [0.05, 0.1) is 18.2 Å². The molecule has 3 rings (SSSR count). The molecule has 0 saturated carbocycles. The summed E-state index contributed by atoms with van der Waals surface area (Å²) in [6.45, 7) is 3.80. The first kappa shape index (κ1) is 17.6. The molecular weight excluding hydrogens is 316 g/mol. The van der Waals surface area contributed by atoms with Crippen molar-refractivity contribution in [2.24, 2.45) is 4.99 Å². The largest absolute Gasteiger partial charge is 0.379 e. The monoisotopic (exact) mass is 342 g/mol. The Morgan fingerprint density at radius 1 is 1.32 bits per heavy atom. The second-order valence-corrected chi connectivity index (χ2v) is 6.05. The Morgan fingerprint density at radius 3 is 3.08 bits per heavy atom. The number of hydrogen-bond acceptors (Lipinski definition) is 4. The van der Waals surface area contributed by atoms with E-state index in [-0.39, 0.29) is 6.10 Å². The van der Waals surface area contributed by atoms with Gasteiger partial charge in [-0.2, -0.15) is 0 Å². The molecule has 0 amide bonds. The minimum Gasteiger partial charge on any atom is -0.379 e. The van der Waals surface area contributed by atoms with Gasteiger partial charge in [0.2, 0.25) is 0 Å². The first-order valence-corrected chi connectivity index (χ1v) is 8.83. The summed E-state index contributed by atoms with van der Waals surface area (Å²) >= 11 is 0. The molecule has 2 aromatic rings. The van der Waals surface area contributed by atoms with E-state index in [0.717, 1.165) is 61.6 Å². The first-order valence-electron chi connectivity index (χ1n) is 8.83. The molecule has 0 bridgehead atoms. The zero-order valence-electron chi connectivity index (χ0n) is 14.7. The summed E-state index contributed by atoms with van der Waals surface area (Å²) in [6, 6.07) is 10.3. The number of nitrogens with one attached hydrogen (secondary N) is 2. The summed E-state index contributed by atoms with van der Waals surface area (Å²) in [5, 5.41) is 7.82. The van der Waals surface area contributed by atoms with Crippen LogP contribution in [0.4, 0.5) is 0 Å². The minimum absolute atomic E-state index is 0.274. The maximum atomic E-state index is 5.76. The second kappa shape index (κ2) is 9.34. The van der Waals surface area contributed by atoms with Crippen molar-refractivity contribution in [3.63, 3.8) is 0 Å². The number of aromatic nitrogens is 1. The number of pyridine rings is 1. The summed E-state index contributed by atoms with van der Waals surface area (Å²) in [5.41, 5.74) is 2.19. The van der Waals surface area contributed by atoms with E-state index >= 15 is 0 Å². The van der Waals surface area contributed by atoms with Crippen LogP contribution in [-0.2, 0) is 16.0 Å². The van der Waals surface area contributed by atoms with E-state index in [1.165, 1.54) is 0 Å². The van der Waals surface area contributed by atoms with Gasteiger partial charge in [0.15, 0.2) is 5.96 Å². The molecule has 0 spiro atoms. The Balaban J connectivity index is 1.41. The lowest BCUT2D eigenvalue weighted by molar-refractivity contribution is 0.0420. The Labute approximate surface area is 148 Å². The average molecular weight is 342 g/mol. The van der Waals surface area contributed by atoms with E-state index < -0.39 is 0 Å². The molecule has 1 aliphatic rings. The van der Waals surface area contributed by atoms with Gasteiger partial charge in [0.1, 0.15) is 0 Å². The molecule has 1 atom stereocenters. The number of rotatable bonds is 7. The molecule has 6 nitrogen and oxygen atoms in total. The molecule has 1 fully saturated rings. The van der Waals surface area contributed by atoms with Crippen LogP contribution in [-0.4, -0.2) is 50.5 Å². The van der Waals surface area contributed by atoms with E-state index in [2.05, 4.69) is 44.9 Å². The van der Waals surface area contributed by atoms with Gasteiger partial charge in [-0.1, -0.05) is 24.3 Å². The normalized spacial score (nSPS) is 17.8. The lowest BCUT2D eigenvalue weighted by Crippen LogP contribution is -2.37. The highest BCUT2D eigenvalue weighted by molar-refractivity contribution is 5.83. The van der Waals surface area contributed by atoms with Crippen molar-refractivity contribution in [3.05, 3.63) is 42.1 Å². The van der Waals surface area contributed by atoms with Crippen molar-refractivity contribution < 1.29 is 9.47 Å². The molecule has 2 N–H and O–H groups in total. The molecule has 0 radical (unpaired) electrons. The maximum absolute atomic E-state index is 5.76. The number of fused-ring (bicyclic) bond motifs is 1. The van der Waals surface area contributed by atoms with Crippen LogP contribution >= 0.6 is 0 Å². The van der Waals surface area contributed by atoms with Crippen LogP contribution in [0.1, 0.15) is 18.4 Å². The van der Waals surface area contributed by atoms with Crippen molar-refractivity contribution in [2.45, 2.75) is 25.5 Å². The zero-order valence-corrected chi connectivity index (χ0v) is 14.7. The van der Waals surface area contributed by atoms with E-state index in [4.69, 9.17) is 9.47 Å². The van der Waals surface area contributed by atoms with E-state index in [1.54, 1.807) is 7.05 Å². The molecule has 134 valence electrons. The van der Waals surface area contributed by atoms with Gasteiger partial charge in [0, 0.05) is 44.9 Å². The van der Waals surface area contributed by atoms with E-state index in [0.29, 0.717) is 6.54 Å². The van der Waals surface area contributed by atoms with Crippen molar-refractivity contribution >= 4 is 16.9 Å². The number of nitrogens with zero attached hydrogens (tertiary/aromatic N) is 2. The highest BCUT2D eigenvalue weighted by atomic mass is 16.5. The van der Waals surface area contributed by atoms with Crippen molar-refractivity contribution in [1.82, 2.24) is 15.6 Å². The smallest absolute Gasteiger partial charge is 0.191 e. The van der Waals surface area contributed by atoms with Gasteiger partial charge in [-0.05, 0) is 24.5 Å². The van der Waals surface area contributed by atoms with Gasteiger partial charge in [-0.3, -0.25) is 9.98 Å². The molecule has 6 heteroatoms. The minimum atomic E-state index is 0.274. The van der Waals surface area contributed by atoms with E-state index in [1.807, 2.05) is 12.3 Å². The fraction of sp³-hybridized carbons (Fsp3) is 0.474. The first-order chi connectivity index (χ1) is 12.4. The standard InChI is InChI=1S/C19H26N4O2/c1-20-19(22-10-4-11-25-17-8-12-24-14-17)23-13-16-6-2-5-15-7-3-9-21-18(15)16/h2-3,5-7,9,17H,4,8,10-14H2,1H3,(H2,20,22,23). The molecule has 1 unspecified atom stereocenters. The maximum Gasteiger partial charge on any atom is 0.191 e. The Hall–Kier alpha value is -2.18. The number of para-hydroxylation sites is 1. The molecule has 0 aliphatic carbocycles. The molecule has 1 saturated heterocycles. The van der Waals surface area contributed by atoms with Crippen LogP contribution < -0.4 is 10.6 Å². The summed E-state index contributed by atoms with van der Waals surface area (Å²) in [7, 11) is 1.78. The van der Waals surface area contributed by atoms with Gasteiger partial charge in [-0.15, -0.1) is 0 Å². The number of ether oxygens (including phenoxy) is 2. The summed E-state index contributed by atoms with van der Waals surface area (Å²) in [4.78, 5) is 8.75. The molecular formula is C19H26N4O2. The third-order valence-corrected chi connectivity index (χ3v) is 4.24. The van der Waals surface area contributed by atoms with Crippen molar-refractivity contribution in [1.29, 1.82) is 0 Å². The summed E-state index contributed by atoms with van der Waals surface area (Å²) in [5.74, 6) is 0.789. The van der Waals surface area contributed by atoms with Crippen LogP contribution in [0, 0.1) is 0 Å². The lowest BCUT2D eigenvalue weighted by atomic mass is 10.1. The Morgan fingerprint density at radius 2 is 2.24 bits per heavy atom. The Kier molecular flexibility index (Phi) is 6.59. The highest BCUT2D eigenvalue weighted by Crippen LogP contribution is 2.15. The van der Waals surface area contributed by atoms with Crippen LogP contribution in [0.3, 0.4) is 0 Å². The number of guanidine groups is 1. The van der Waals surface area contributed by atoms with Crippen LogP contribution in [0.5, 0.6) is 0 Å². The molecule has 1 aromatic carbocycles. The van der Waals surface area contributed by atoms with E-state index in [9.17, 15) is 0 Å². The number of hydrogen-bond donors (Lipinski definition) is 2. The Bertz CT molecular complexity index is 693. The van der Waals surface area contributed by atoms with Gasteiger partial charge >= 0.3 is 0 Å². The quantitative estimate of drug-likeness (QED) is 0.458. The van der Waals surface area contributed by atoms with Crippen molar-refractivity contribution in [2.75, 3.05) is 33.4 Å². The molecule has 25 heavy (non-hydrogen) atoms. The fourth-order valence-electron chi connectivity index (χ4n) is 2.88. The summed E-state index contributed by atoms with van der Waals surface area (Å²) in [6.07, 6.45) is 4.05.